The predicted octanol–water partition coefficient (Wildman–Crippen LogP) is 2.98. The largest absolute Gasteiger partial charge is 0.481 e. The van der Waals surface area contributed by atoms with Gasteiger partial charge in [-0.25, -0.2) is 0 Å². The maximum Gasteiger partial charge on any atom is 0.312 e. The Labute approximate surface area is 115 Å². The first-order chi connectivity index (χ1) is 9.16. The summed E-state index contributed by atoms with van der Waals surface area (Å²) in [4.78, 5) is 13.8. The fraction of sp³-hybridized carbons (Fsp3) is 0.562. The third-order valence-corrected chi connectivity index (χ3v) is 4.05. The highest BCUT2D eigenvalue weighted by molar-refractivity contribution is 5.76. The van der Waals surface area contributed by atoms with Crippen molar-refractivity contribution < 1.29 is 9.90 Å². The summed E-state index contributed by atoms with van der Waals surface area (Å²) < 4.78 is 0. The third-order valence-electron chi connectivity index (χ3n) is 4.05. The minimum atomic E-state index is -0.719. The molecule has 3 nitrogen and oxygen atoms in total. The van der Waals surface area contributed by atoms with Gasteiger partial charge in [-0.2, -0.15) is 0 Å². The quantitative estimate of drug-likeness (QED) is 0.906. The first kappa shape index (κ1) is 14.1. The Hall–Kier alpha value is -1.35. The smallest absolute Gasteiger partial charge is 0.312 e. The number of rotatable bonds is 4. The molecule has 1 heterocycles. The molecule has 0 spiro atoms. The summed E-state index contributed by atoms with van der Waals surface area (Å²) >= 11 is 0. The second-order valence-corrected chi connectivity index (χ2v) is 5.64. The lowest BCUT2D eigenvalue weighted by Gasteiger charge is -2.24. The van der Waals surface area contributed by atoms with E-state index in [-0.39, 0.29) is 0 Å². The maximum atomic E-state index is 11.5. The van der Waals surface area contributed by atoms with Crippen molar-refractivity contribution in [1.29, 1.82) is 0 Å². The second kappa shape index (κ2) is 6.71. The number of carbonyl (C=O) groups is 1. The van der Waals surface area contributed by atoms with Crippen molar-refractivity contribution in [1.82, 2.24) is 4.90 Å². The zero-order valence-corrected chi connectivity index (χ0v) is 11.6. The van der Waals surface area contributed by atoms with Crippen LogP contribution in [0, 0.1) is 5.92 Å². The highest BCUT2D eigenvalue weighted by Crippen LogP contribution is 2.21. The first-order valence-electron chi connectivity index (χ1n) is 7.17. The van der Waals surface area contributed by atoms with Crippen LogP contribution in [-0.2, 0) is 4.79 Å². The molecule has 0 radical (unpaired) electrons. The molecule has 1 aromatic carbocycles. The van der Waals surface area contributed by atoms with Gasteiger partial charge in [0.1, 0.15) is 0 Å². The summed E-state index contributed by atoms with van der Waals surface area (Å²) in [5, 5.41) is 9.45. The van der Waals surface area contributed by atoms with Crippen LogP contribution in [-0.4, -0.2) is 35.6 Å². The van der Waals surface area contributed by atoms with Gasteiger partial charge in [0.2, 0.25) is 0 Å². The molecule has 1 N–H and O–H groups in total. The van der Waals surface area contributed by atoms with E-state index < -0.39 is 11.9 Å². The minimum absolute atomic E-state index is 0.408. The van der Waals surface area contributed by atoms with Gasteiger partial charge >= 0.3 is 5.97 Å². The minimum Gasteiger partial charge on any atom is -0.481 e. The molecule has 104 valence electrons. The van der Waals surface area contributed by atoms with Crippen LogP contribution < -0.4 is 0 Å². The SMILES string of the molecule is CC1CCCN(CC(C(=O)O)c2ccccc2)CC1. The summed E-state index contributed by atoms with van der Waals surface area (Å²) in [6.45, 7) is 4.97. The summed E-state index contributed by atoms with van der Waals surface area (Å²) in [6.07, 6.45) is 3.63. The molecule has 2 unspecified atom stereocenters. The number of hydrogen-bond donors (Lipinski definition) is 1. The summed E-state index contributed by atoms with van der Waals surface area (Å²) in [5.41, 5.74) is 0.910. The summed E-state index contributed by atoms with van der Waals surface area (Å²) in [6, 6.07) is 9.58. The third kappa shape index (κ3) is 4.06. The van der Waals surface area contributed by atoms with Gasteiger partial charge < -0.3 is 10.0 Å². The fourth-order valence-corrected chi connectivity index (χ4v) is 2.77. The van der Waals surface area contributed by atoms with Gasteiger partial charge in [0.15, 0.2) is 0 Å². The second-order valence-electron chi connectivity index (χ2n) is 5.64. The standard InChI is InChI=1S/C16H23NO2/c1-13-6-5-10-17(11-9-13)12-15(16(18)19)14-7-3-2-4-8-14/h2-4,7-8,13,15H,5-6,9-12H2,1H3,(H,18,19). The number of hydrogen-bond acceptors (Lipinski definition) is 2. The molecule has 2 atom stereocenters. The Morgan fingerprint density at radius 1 is 1.32 bits per heavy atom. The molecule has 0 aromatic heterocycles. The molecule has 1 saturated heterocycles. The van der Waals surface area contributed by atoms with E-state index >= 15 is 0 Å². The lowest BCUT2D eigenvalue weighted by molar-refractivity contribution is -0.139. The zero-order chi connectivity index (χ0) is 13.7. The van der Waals surface area contributed by atoms with E-state index in [0.29, 0.717) is 6.54 Å². The van der Waals surface area contributed by atoms with Crippen molar-refractivity contribution in [3.63, 3.8) is 0 Å². The molecule has 19 heavy (non-hydrogen) atoms. The van der Waals surface area contributed by atoms with Crippen molar-refractivity contribution in [3.05, 3.63) is 35.9 Å². The van der Waals surface area contributed by atoms with E-state index in [1.165, 1.54) is 19.3 Å². The van der Waals surface area contributed by atoms with Gasteiger partial charge in [-0.15, -0.1) is 0 Å². The van der Waals surface area contributed by atoms with Crippen LogP contribution in [0.4, 0.5) is 0 Å². The topological polar surface area (TPSA) is 40.5 Å². The van der Waals surface area contributed by atoms with Crippen LogP contribution in [0.5, 0.6) is 0 Å². The molecule has 1 aliphatic rings. The maximum absolute atomic E-state index is 11.5. The average Bonchev–Trinajstić information content (AvgIpc) is 2.61. The Morgan fingerprint density at radius 2 is 2.05 bits per heavy atom. The van der Waals surface area contributed by atoms with E-state index in [1.807, 2.05) is 30.3 Å². The van der Waals surface area contributed by atoms with Crippen LogP contribution in [0.3, 0.4) is 0 Å². The molecule has 2 rings (SSSR count). The fourth-order valence-electron chi connectivity index (χ4n) is 2.77. The van der Waals surface area contributed by atoms with Gasteiger partial charge in [-0.1, -0.05) is 37.3 Å². The monoisotopic (exact) mass is 261 g/mol. The van der Waals surface area contributed by atoms with Crippen molar-refractivity contribution in [2.75, 3.05) is 19.6 Å². The number of nitrogens with zero attached hydrogens (tertiary/aromatic N) is 1. The molecule has 1 aliphatic heterocycles. The van der Waals surface area contributed by atoms with E-state index in [9.17, 15) is 9.90 Å². The summed E-state index contributed by atoms with van der Waals surface area (Å²) in [7, 11) is 0. The number of carboxylic acids is 1. The molecule has 0 aliphatic carbocycles. The highest BCUT2D eigenvalue weighted by atomic mass is 16.4. The molecule has 1 fully saturated rings. The molecule has 0 bridgehead atoms. The number of aliphatic carboxylic acids is 1. The predicted molar refractivity (Wildman–Crippen MR) is 76.3 cm³/mol. The van der Waals surface area contributed by atoms with Gasteiger partial charge in [-0.3, -0.25) is 4.79 Å². The van der Waals surface area contributed by atoms with Gasteiger partial charge in [-0.05, 0) is 43.8 Å². The van der Waals surface area contributed by atoms with Crippen LogP contribution in [0.15, 0.2) is 30.3 Å². The van der Waals surface area contributed by atoms with E-state index in [2.05, 4.69) is 11.8 Å². The highest BCUT2D eigenvalue weighted by Gasteiger charge is 2.24. The zero-order valence-electron chi connectivity index (χ0n) is 11.6. The average molecular weight is 261 g/mol. The van der Waals surface area contributed by atoms with Crippen LogP contribution in [0.25, 0.3) is 0 Å². The number of carboxylic acid groups (broad SMARTS) is 1. The Morgan fingerprint density at radius 3 is 2.74 bits per heavy atom. The number of benzene rings is 1. The lowest BCUT2D eigenvalue weighted by Crippen LogP contribution is -2.32. The van der Waals surface area contributed by atoms with Crippen LogP contribution >= 0.6 is 0 Å². The van der Waals surface area contributed by atoms with E-state index in [4.69, 9.17) is 0 Å². The summed E-state index contributed by atoms with van der Waals surface area (Å²) in [5.74, 6) is -0.358. The van der Waals surface area contributed by atoms with E-state index in [0.717, 1.165) is 24.6 Å². The molecular formula is C16H23NO2. The van der Waals surface area contributed by atoms with Crippen molar-refractivity contribution in [2.45, 2.75) is 32.1 Å². The van der Waals surface area contributed by atoms with Crippen molar-refractivity contribution in [3.8, 4) is 0 Å². The Balaban J connectivity index is 2.03. The first-order valence-corrected chi connectivity index (χ1v) is 7.17. The Kier molecular flexibility index (Phi) is 4.97. The van der Waals surface area contributed by atoms with Gasteiger partial charge in [0.25, 0.3) is 0 Å². The van der Waals surface area contributed by atoms with Crippen LogP contribution in [0.1, 0.15) is 37.7 Å². The van der Waals surface area contributed by atoms with Gasteiger partial charge in [0, 0.05) is 6.54 Å². The molecule has 0 amide bonds. The Bertz CT molecular complexity index is 404. The molecule has 3 heteroatoms. The lowest BCUT2D eigenvalue weighted by atomic mass is 9.98. The van der Waals surface area contributed by atoms with Gasteiger partial charge in [0.05, 0.1) is 5.92 Å². The number of likely N-dealkylation sites (tertiary alicyclic amines) is 1. The van der Waals surface area contributed by atoms with Crippen LogP contribution in [0.2, 0.25) is 0 Å². The normalized spacial score (nSPS) is 22.7. The molecule has 1 aromatic rings. The molecule has 0 saturated carbocycles. The van der Waals surface area contributed by atoms with Crippen molar-refractivity contribution in [2.24, 2.45) is 5.92 Å². The van der Waals surface area contributed by atoms with E-state index in [1.54, 1.807) is 0 Å². The van der Waals surface area contributed by atoms with Crippen molar-refractivity contribution >= 4 is 5.97 Å². The molecular weight excluding hydrogens is 238 g/mol.